The number of hydrogen-bond acceptors (Lipinski definition) is 2. The smallest absolute Gasteiger partial charge is 0.0118 e. The van der Waals surface area contributed by atoms with E-state index in [1.165, 1.54) is 32.2 Å². The second-order valence-corrected chi connectivity index (χ2v) is 5.91. The fraction of sp³-hybridized carbons (Fsp3) is 1.00. The highest BCUT2D eigenvalue weighted by molar-refractivity contribution is 4.79. The van der Waals surface area contributed by atoms with Gasteiger partial charge in [0.05, 0.1) is 0 Å². The second-order valence-electron chi connectivity index (χ2n) is 5.91. The lowest BCUT2D eigenvalue weighted by atomic mass is 9.85. The predicted molar refractivity (Wildman–Crippen MR) is 71.8 cm³/mol. The third-order valence-corrected chi connectivity index (χ3v) is 3.83. The van der Waals surface area contributed by atoms with Crippen LogP contribution in [0.25, 0.3) is 0 Å². The first-order valence-corrected chi connectivity index (χ1v) is 7.02. The molecule has 1 aliphatic rings. The van der Waals surface area contributed by atoms with Crippen LogP contribution >= 0.6 is 0 Å². The molecule has 1 N–H and O–H groups in total. The molecule has 1 aliphatic carbocycles. The molecule has 0 bridgehead atoms. The lowest BCUT2D eigenvalue weighted by Gasteiger charge is -2.36. The van der Waals surface area contributed by atoms with Crippen molar-refractivity contribution in [3.63, 3.8) is 0 Å². The molecule has 2 unspecified atom stereocenters. The summed E-state index contributed by atoms with van der Waals surface area (Å²) in [5, 5.41) is 3.53. The minimum atomic E-state index is 0.763. The van der Waals surface area contributed by atoms with Crippen molar-refractivity contribution in [2.75, 3.05) is 26.7 Å². The number of nitrogens with zero attached hydrogens (tertiary/aromatic N) is 1. The fourth-order valence-corrected chi connectivity index (χ4v) is 2.76. The Hall–Kier alpha value is -0.0800. The van der Waals surface area contributed by atoms with Gasteiger partial charge in [-0.2, -0.15) is 0 Å². The summed E-state index contributed by atoms with van der Waals surface area (Å²) < 4.78 is 0. The van der Waals surface area contributed by atoms with Crippen LogP contribution in [0.15, 0.2) is 0 Å². The Balaban J connectivity index is 2.15. The molecule has 2 heteroatoms. The van der Waals surface area contributed by atoms with Gasteiger partial charge in [0.1, 0.15) is 0 Å². The molecule has 96 valence electrons. The molecule has 0 aromatic rings. The van der Waals surface area contributed by atoms with Crippen molar-refractivity contribution in [2.45, 2.75) is 52.5 Å². The number of nitrogens with one attached hydrogen (secondary N) is 1. The van der Waals surface area contributed by atoms with Crippen LogP contribution in [0.4, 0.5) is 0 Å². The van der Waals surface area contributed by atoms with Gasteiger partial charge in [0.15, 0.2) is 0 Å². The van der Waals surface area contributed by atoms with Crippen LogP contribution < -0.4 is 5.32 Å². The van der Waals surface area contributed by atoms with Crippen LogP contribution in [0.2, 0.25) is 0 Å². The molecule has 0 aliphatic heterocycles. The van der Waals surface area contributed by atoms with Gasteiger partial charge in [0.25, 0.3) is 0 Å². The Bertz CT molecular complexity index is 180. The summed E-state index contributed by atoms with van der Waals surface area (Å²) in [6.45, 7) is 10.4. The third-order valence-electron chi connectivity index (χ3n) is 3.83. The molecule has 1 saturated carbocycles. The van der Waals surface area contributed by atoms with E-state index < -0.39 is 0 Å². The normalized spacial score (nSPS) is 26.6. The zero-order valence-corrected chi connectivity index (χ0v) is 11.6. The van der Waals surface area contributed by atoms with Gasteiger partial charge in [-0.3, -0.25) is 0 Å². The maximum Gasteiger partial charge on any atom is 0.0118 e. The highest BCUT2D eigenvalue weighted by atomic mass is 15.1. The molecular formula is C14H30N2. The van der Waals surface area contributed by atoms with Crippen molar-refractivity contribution in [3.05, 3.63) is 0 Å². The van der Waals surface area contributed by atoms with E-state index in [0.29, 0.717) is 0 Å². The Morgan fingerprint density at radius 3 is 2.56 bits per heavy atom. The maximum atomic E-state index is 3.53. The third kappa shape index (κ3) is 4.84. The second kappa shape index (κ2) is 7.29. The zero-order chi connectivity index (χ0) is 12.0. The summed E-state index contributed by atoms with van der Waals surface area (Å²) in [6, 6.07) is 0.828. The highest BCUT2D eigenvalue weighted by Gasteiger charge is 2.24. The number of rotatable bonds is 6. The molecule has 16 heavy (non-hydrogen) atoms. The maximum absolute atomic E-state index is 3.53. The van der Waals surface area contributed by atoms with Crippen LogP contribution in [0.5, 0.6) is 0 Å². The van der Waals surface area contributed by atoms with Crippen molar-refractivity contribution < 1.29 is 0 Å². The topological polar surface area (TPSA) is 15.3 Å². The Morgan fingerprint density at radius 2 is 1.94 bits per heavy atom. The summed E-state index contributed by atoms with van der Waals surface area (Å²) in [6.07, 6.45) is 5.70. The van der Waals surface area contributed by atoms with Gasteiger partial charge in [-0.1, -0.05) is 33.6 Å². The summed E-state index contributed by atoms with van der Waals surface area (Å²) >= 11 is 0. The molecule has 2 atom stereocenters. The van der Waals surface area contributed by atoms with Crippen molar-refractivity contribution in [1.29, 1.82) is 0 Å². The van der Waals surface area contributed by atoms with Gasteiger partial charge in [0, 0.05) is 19.1 Å². The summed E-state index contributed by atoms with van der Waals surface area (Å²) in [4.78, 5) is 2.57. The van der Waals surface area contributed by atoms with Crippen LogP contribution in [-0.2, 0) is 0 Å². The molecule has 0 heterocycles. The van der Waals surface area contributed by atoms with E-state index in [2.05, 4.69) is 38.0 Å². The first kappa shape index (κ1) is 14.0. The number of likely N-dealkylation sites (N-methyl/N-ethyl adjacent to an activating group) is 1. The van der Waals surface area contributed by atoms with Crippen LogP contribution in [0, 0.1) is 11.8 Å². The van der Waals surface area contributed by atoms with E-state index in [1.807, 2.05) is 0 Å². The van der Waals surface area contributed by atoms with Crippen molar-refractivity contribution in [1.82, 2.24) is 10.2 Å². The van der Waals surface area contributed by atoms with E-state index in [-0.39, 0.29) is 0 Å². The van der Waals surface area contributed by atoms with Crippen molar-refractivity contribution in [3.8, 4) is 0 Å². The summed E-state index contributed by atoms with van der Waals surface area (Å²) in [5.41, 5.74) is 0. The minimum absolute atomic E-state index is 0.763. The predicted octanol–water partition coefficient (Wildman–Crippen LogP) is 2.74. The van der Waals surface area contributed by atoms with E-state index in [4.69, 9.17) is 0 Å². The quantitative estimate of drug-likeness (QED) is 0.701. The Kier molecular flexibility index (Phi) is 6.37. The van der Waals surface area contributed by atoms with Crippen LogP contribution in [-0.4, -0.2) is 37.6 Å². The summed E-state index contributed by atoms with van der Waals surface area (Å²) in [7, 11) is 2.30. The van der Waals surface area contributed by atoms with Gasteiger partial charge >= 0.3 is 0 Å². The van der Waals surface area contributed by atoms with Gasteiger partial charge in [-0.15, -0.1) is 0 Å². The molecule has 1 fully saturated rings. The summed E-state index contributed by atoms with van der Waals surface area (Å²) in [5.74, 6) is 1.66. The monoisotopic (exact) mass is 226 g/mol. The van der Waals surface area contributed by atoms with Gasteiger partial charge in [-0.05, 0) is 38.3 Å². The lowest BCUT2D eigenvalue weighted by Crippen LogP contribution is -2.42. The van der Waals surface area contributed by atoms with Gasteiger partial charge in [0.2, 0.25) is 0 Å². The molecule has 1 rings (SSSR count). The molecule has 0 saturated heterocycles. The average molecular weight is 226 g/mol. The van der Waals surface area contributed by atoms with Gasteiger partial charge in [-0.25, -0.2) is 0 Å². The fourth-order valence-electron chi connectivity index (χ4n) is 2.76. The molecule has 0 aromatic heterocycles. The average Bonchev–Trinajstić information content (AvgIpc) is 2.24. The first-order chi connectivity index (χ1) is 7.61. The molecule has 0 amide bonds. The standard InChI is InChI=1S/C14H30N2/c1-12(2)11-15-9-10-16(4)14-8-6-5-7-13(14)3/h12-15H,5-11H2,1-4H3. The molecule has 0 spiro atoms. The Labute approximate surface area is 102 Å². The van der Waals surface area contributed by atoms with E-state index in [9.17, 15) is 0 Å². The highest BCUT2D eigenvalue weighted by Crippen LogP contribution is 2.26. The molecule has 0 aromatic carbocycles. The number of hydrogen-bond donors (Lipinski definition) is 1. The molecule has 0 radical (unpaired) electrons. The van der Waals surface area contributed by atoms with Gasteiger partial charge < -0.3 is 10.2 Å². The zero-order valence-electron chi connectivity index (χ0n) is 11.6. The first-order valence-electron chi connectivity index (χ1n) is 7.02. The Morgan fingerprint density at radius 1 is 1.25 bits per heavy atom. The van der Waals surface area contributed by atoms with E-state index in [0.717, 1.165) is 31.0 Å². The SMILES string of the molecule is CC(C)CNCCN(C)C1CCCCC1C. The van der Waals surface area contributed by atoms with E-state index in [1.54, 1.807) is 0 Å². The van der Waals surface area contributed by atoms with E-state index >= 15 is 0 Å². The molecule has 2 nitrogen and oxygen atoms in total. The van der Waals surface area contributed by atoms with Crippen LogP contribution in [0.3, 0.4) is 0 Å². The van der Waals surface area contributed by atoms with Crippen LogP contribution in [0.1, 0.15) is 46.5 Å². The molecular weight excluding hydrogens is 196 g/mol. The largest absolute Gasteiger partial charge is 0.315 e. The lowest BCUT2D eigenvalue weighted by molar-refractivity contribution is 0.140. The van der Waals surface area contributed by atoms with Crippen molar-refractivity contribution in [2.24, 2.45) is 11.8 Å². The van der Waals surface area contributed by atoms with Crippen molar-refractivity contribution >= 4 is 0 Å². The minimum Gasteiger partial charge on any atom is -0.315 e.